The van der Waals surface area contributed by atoms with Crippen LogP contribution in [0.2, 0.25) is 5.02 Å². The van der Waals surface area contributed by atoms with E-state index in [0.717, 1.165) is 41.3 Å². The minimum Gasteiger partial charge on any atom is -0.375 e. The average Bonchev–Trinajstić information content (AvgIpc) is 3.15. The molecule has 0 spiro atoms. The van der Waals surface area contributed by atoms with E-state index in [2.05, 4.69) is 18.0 Å². The first-order valence-corrected chi connectivity index (χ1v) is 8.72. The van der Waals surface area contributed by atoms with Crippen molar-refractivity contribution in [1.29, 1.82) is 0 Å². The van der Waals surface area contributed by atoms with E-state index in [-0.39, 0.29) is 11.9 Å². The molecule has 0 amide bonds. The number of nitrogens with two attached hydrogens (primary N) is 1. The molecule has 1 aliphatic rings. The Bertz CT molecular complexity index is 666. The summed E-state index contributed by atoms with van der Waals surface area (Å²) in [5, 5.41) is 1.40. The molecule has 4 nitrogen and oxygen atoms in total. The Kier molecular flexibility index (Phi) is 6.57. The van der Waals surface area contributed by atoms with Crippen molar-refractivity contribution < 1.29 is 9.53 Å². The van der Waals surface area contributed by atoms with Gasteiger partial charge in [0.25, 0.3) is 0 Å². The molecule has 0 bridgehead atoms. The molecule has 1 saturated heterocycles. The summed E-state index contributed by atoms with van der Waals surface area (Å²) >= 11 is 7.61. The minimum atomic E-state index is -0.0741. The van der Waals surface area contributed by atoms with Gasteiger partial charge in [-0.25, -0.2) is 4.98 Å². The number of aromatic nitrogens is 1. The van der Waals surface area contributed by atoms with Gasteiger partial charge < -0.3 is 10.5 Å². The first-order valence-electron chi connectivity index (χ1n) is 7.53. The van der Waals surface area contributed by atoms with Crippen LogP contribution in [-0.4, -0.2) is 23.5 Å². The number of carbonyl (C=O) groups excluding carboxylic acids is 1. The number of nitrogens with zero attached hydrogens (tertiary/aromatic N) is 1. The molecular weight excluding hydrogens is 332 g/mol. The Morgan fingerprint density at radius 3 is 2.83 bits per heavy atom. The Balaban J connectivity index is 0.000000203. The lowest BCUT2D eigenvalue weighted by atomic mass is 10.1. The highest BCUT2D eigenvalue weighted by molar-refractivity contribution is 7.15. The average molecular weight is 353 g/mol. The Labute approximate surface area is 145 Å². The third-order valence-electron chi connectivity index (χ3n) is 3.52. The second-order valence-electron chi connectivity index (χ2n) is 5.55. The number of thiazole rings is 1. The number of carbonyl (C=O) groups is 1. The van der Waals surface area contributed by atoms with Crippen molar-refractivity contribution in [2.24, 2.45) is 0 Å². The van der Waals surface area contributed by atoms with Gasteiger partial charge in [0.05, 0.1) is 0 Å². The van der Waals surface area contributed by atoms with Gasteiger partial charge in [-0.2, -0.15) is 0 Å². The monoisotopic (exact) mass is 352 g/mol. The van der Waals surface area contributed by atoms with Gasteiger partial charge in [-0.3, -0.25) is 4.79 Å². The molecule has 1 fully saturated rings. The van der Waals surface area contributed by atoms with Gasteiger partial charge in [-0.05, 0) is 38.3 Å². The van der Waals surface area contributed by atoms with Crippen LogP contribution in [0.5, 0.6) is 0 Å². The van der Waals surface area contributed by atoms with Crippen LogP contribution in [-0.2, 0) is 16.0 Å². The highest BCUT2D eigenvalue weighted by Gasteiger charge is 2.18. The third-order valence-corrected chi connectivity index (χ3v) is 4.72. The van der Waals surface area contributed by atoms with Crippen molar-refractivity contribution >= 4 is 33.9 Å². The van der Waals surface area contributed by atoms with Crippen molar-refractivity contribution in [3.05, 3.63) is 45.4 Å². The van der Waals surface area contributed by atoms with Crippen molar-refractivity contribution in [1.82, 2.24) is 4.98 Å². The van der Waals surface area contributed by atoms with Gasteiger partial charge in [-0.1, -0.05) is 29.3 Å². The molecule has 1 aromatic carbocycles. The molecule has 0 saturated carbocycles. The molecule has 3 rings (SSSR count). The van der Waals surface area contributed by atoms with E-state index >= 15 is 0 Å². The van der Waals surface area contributed by atoms with Crippen LogP contribution in [0.15, 0.2) is 24.4 Å². The number of hydrogen-bond acceptors (Lipinski definition) is 5. The summed E-state index contributed by atoms with van der Waals surface area (Å²) in [7, 11) is 0. The predicted octanol–water partition coefficient (Wildman–Crippen LogP) is 4.03. The molecule has 1 unspecified atom stereocenters. The molecule has 0 aliphatic carbocycles. The maximum Gasteiger partial charge on any atom is 0.180 e. The molecule has 23 heavy (non-hydrogen) atoms. The number of ketones is 1. The largest absolute Gasteiger partial charge is 0.375 e. The SMILES string of the molecule is CC(=O)C1CCCO1.Cc1ccc(Cl)c(Cc2cnc(N)s2)c1. The molecular formula is C17H21ClN2O2S. The lowest BCUT2D eigenvalue weighted by molar-refractivity contribution is -0.125. The Morgan fingerprint density at radius 1 is 1.52 bits per heavy atom. The van der Waals surface area contributed by atoms with Crippen LogP contribution in [0.4, 0.5) is 5.13 Å². The summed E-state index contributed by atoms with van der Waals surface area (Å²) in [4.78, 5) is 15.7. The smallest absolute Gasteiger partial charge is 0.180 e. The number of hydrogen-bond donors (Lipinski definition) is 1. The van der Waals surface area contributed by atoms with Gasteiger partial charge in [-0.15, -0.1) is 11.3 Å². The predicted molar refractivity (Wildman–Crippen MR) is 95.2 cm³/mol. The number of nitrogen functional groups attached to an aromatic ring is 1. The number of benzene rings is 1. The summed E-state index contributed by atoms with van der Waals surface area (Å²) in [5.74, 6) is 0.169. The fraction of sp³-hybridized carbons (Fsp3) is 0.412. The van der Waals surface area contributed by atoms with Crippen molar-refractivity contribution in [2.45, 2.75) is 39.2 Å². The van der Waals surface area contributed by atoms with Gasteiger partial charge in [0, 0.05) is 29.1 Å². The molecule has 2 N–H and O–H groups in total. The lowest BCUT2D eigenvalue weighted by Gasteiger charge is -2.03. The Morgan fingerprint density at radius 2 is 2.30 bits per heavy atom. The van der Waals surface area contributed by atoms with Gasteiger partial charge in [0.15, 0.2) is 10.9 Å². The minimum absolute atomic E-state index is 0.0741. The van der Waals surface area contributed by atoms with E-state index in [0.29, 0.717) is 5.13 Å². The van der Waals surface area contributed by atoms with E-state index in [1.807, 2.05) is 12.1 Å². The molecule has 1 aliphatic heterocycles. The number of halogens is 1. The summed E-state index contributed by atoms with van der Waals surface area (Å²) in [6.45, 7) is 4.40. The van der Waals surface area contributed by atoms with E-state index in [1.165, 1.54) is 16.9 Å². The van der Waals surface area contributed by atoms with E-state index < -0.39 is 0 Å². The number of anilines is 1. The summed E-state index contributed by atoms with van der Waals surface area (Å²) in [6, 6.07) is 6.03. The van der Waals surface area contributed by atoms with Gasteiger partial charge in [0.2, 0.25) is 0 Å². The van der Waals surface area contributed by atoms with Crippen LogP contribution >= 0.6 is 22.9 Å². The fourth-order valence-electron chi connectivity index (χ4n) is 2.33. The van der Waals surface area contributed by atoms with Gasteiger partial charge >= 0.3 is 0 Å². The second kappa shape index (κ2) is 8.43. The van der Waals surface area contributed by atoms with E-state index in [4.69, 9.17) is 22.1 Å². The first-order chi connectivity index (χ1) is 11.0. The number of aryl methyl sites for hydroxylation is 1. The van der Waals surface area contributed by atoms with Crippen LogP contribution in [0, 0.1) is 6.92 Å². The number of ether oxygens (including phenoxy) is 1. The zero-order chi connectivity index (χ0) is 16.8. The summed E-state index contributed by atoms with van der Waals surface area (Å²) in [6.07, 6.45) is 4.50. The molecule has 0 radical (unpaired) electrons. The van der Waals surface area contributed by atoms with Gasteiger partial charge in [0.1, 0.15) is 6.10 Å². The maximum absolute atomic E-state index is 10.5. The standard InChI is InChI=1S/C11H11ClN2S.C6H10O2/c1-7-2-3-10(12)8(4-7)5-9-6-14-11(13)15-9;1-5(7)6-3-2-4-8-6/h2-4,6H,5H2,1H3,(H2,13,14);6H,2-4H2,1H3. The molecule has 1 atom stereocenters. The molecule has 124 valence electrons. The van der Waals surface area contributed by atoms with Crippen LogP contribution in [0.1, 0.15) is 35.8 Å². The highest BCUT2D eigenvalue weighted by atomic mass is 35.5. The molecule has 1 aromatic heterocycles. The van der Waals surface area contributed by atoms with Crippen LogP contribution in [0.3, 0.4) is 0 Å². The van der Waals surface area contributed by atoms with E-state index in [1.54, 1.807) is 13.1 Å². The molecule has 2 heterocycles. The third kappa shape index (κ3) is 5.61. The highest BCUT2D eigenvalue weighted by Crippen LogP contribution is 2.24. The zero-order valence-electron chi connectivity index (χ0n) is 13.3. The maximum atomic E-state index is 10.5. The lowest BCUT2D eigenvalue weighted by Crippen LogP contribution is -2.14. The van der Waals surface area contributed by atoms with Crippen molar-refractivity contribution in [2.75, 3.05) is 12.3 Å². The quantitative estimate of drug-likeness (QED) is 0.905. The number of Topliss-reactive ketones (excluding diaryl/α,β-unsaturated/α-hetero) is 1. The van der Waals surface area contributed by atoms with Crippen LogP contribution < -0.4 is 5.73 Å². The first kappa shape index (κ1) is 17.9. The van der Waals surface area contributed by atoms with Crippen molar-refractivity contribution in [3.8, 4) is 0 Å². The normalized spacial score (nSPS) is 16.7. The molecule has 2 aromatic rings. The topological polar surface area (TPSA) is 65.2 Å². The van der Waals surface area contributed by atoms with E-state index in [9.17, 15) is 4.79 Å². The Hall–Kier alpha value is -1.43. The summed E-state index contributed by atoms with van der Waals surface area (Å²) < 4.78 is 5.06. The van der Waals surface area contributed by atoms with Crippen LogP contribution in [0.25, 0.3) is 0 Å². The fourth-order valence-corrected chi connectivity index (χ4v) is 3.22. The molecule has 6 heteroatoms. The zero-order valence-corrected chi connectivity index (χ0v) is 14.9. The second-order valence-corrected chi connectivity index (χ2v) is 7.10. The summed E-state index contributed by atoms with van der Waals surface area (Å²) in [5.41, 5.74) is 7.91. The number of rotatable bonds is 3. The van der Waals surface area contributed by atoms with Crippen molar-refractivity contribution in [3.63, 3.8) is 0 Å².